The average molecular weight is 331 g/mol. The second-order valence-electron chi connectivity index (χ2n) is 5.45. The number of nitrogens with zero attached hydrogens (tertiary/aromatic N) is 1. The van der Waals surface area contributed by atoms with Crippen LogP contribution in [0.4, 0.5) is 5.69 Å². The van der Waals surface area contributed by atoms with E-state index in [-0.39, 0.29) is 18.6 Å². The van der Waals surface area contributed by atoms with Crippen molar-refractivity contribution in [1.29, 1.82) is 0 Å². The average Bonchev–Trinajstić information content (AvgIpc) is 2.49. The van der Waals surface area contributed by atoms with Gasteiger partial charge in [0, 0.05) is 11.6 Å². The number of likely N-dealkylation sites (tertiary alicyclic amines) is 1. The van der Waals surface area contributed by atoms with Crippen LogP contribution in [0.25, 0.3) is 0 Å². The molecule has 6 heteroatoms. The van der Waals surface area contributed by atoms with Crippen LogP contribution in [-0.4, -0.2) is 41.7 Å². The third-order valence-electron chi connectivity index (χ3n) is 4.02. The molecule has 0 saturated carbocycles. The predicted molar refractivity (Wildman–Crippen MR) is 85.9 cm³/mol. The Hall–Kier alpha value is -0.810. The van der Waals surface area contributed by atoms with Gasteiger partial charge in [-0.05, 0) is 57.0 Å². The van der Waals surface area contributed by atoms with E-state index in [1.165, 1.54) is 0 Å². The SMILES string of the molecule is CC(C(=O)Nc1ccc(Cl)cc1Cl)N1CCC(CO)CC1. The highest BCUT2D eigenvalue weighted by molar-refractivity contribution is 6.36. The first kappa shape index (κ1) is 16.6. The first-order chi connectivity index (χ1) is 10.0. The van der Waals surface area contributed by atoms with Crippen molar-refractivity contribution in [1.82, 2.24) is 4.90 Å². The Morgan fingerprint density at radius 1 is 1.43 bits per heavy atom. The smallest absolute Gasteiger partial charge is 0.241 e. The predicted octanol–water partition coefficient (Wildman–Crippen LogP) is 3.02. The Morgan fingerprint density at radius 3 is 2.67 bits per heavy atom. The lowest BCUT2D eigenvalue weighted by Crippen LogP contribution is -2.46. The van der Waals surface area contributed by atoms with Gasteiger partial charge < -0.3 is 10.4 Å². The summed E-state index contributed by atoms with van der Waals surface area (Å²) in [6, 6.07) is 4.78. The molecule has 2 N–H and O–H groups in total. The van der Waals surface area contributed by atoms with E-state index >= 15 is 0 Å². The third kappa shape index (κ3) is 4.33. The Bertz CT molecular complexity index is 502. The summed E-state index contributed by atoms with van der Waals surface area (Å²) in [4.78, 5) is 14.4. The highest BCUT2D eigenvalue weighted by Gasteiger charge is 2.26. The summed E-state index contributed by atoms with van der Waals surface area (Å²) in [6.45, 7) is 3.77. The summed E-state index contributed by atoms with van der Waals surface area (Å²) < 4.78 is 0. The number of rotatable bonds is 4. The zero-order valence-corrected chi connectivity index (χ0v) is 13.5. The van der Waals surface area contributed by atoms with Crippen LogP contribution in [0.2, 0.25) is 10.0 Å². The fourth-order valence-corrected chi connectivity index (χ4v) is 2.97. The second-order valence-corrected chi connectivity index (χ2v) is 6.29. The van der Waals surface area contributed by atoms with E-state index in [0.717, 1.165) is 25.9 Å². The van der Waals surface area contributed by atoms with Gasteiger partial charge in [0.15, 0.2) is 0 Å². The summed E-state index contributed by atoms with van der Waals surface area (Å²) in [5.74, 6) is 0.281. The molecule has 0 aromatic heterocycles. The molecule has 1 heterocycles. The van der Waals surface area contributed by atoms with Gasteiger partial charge in [-0.1, -0.05) is 23.2 Å². The van der Waals surface area contributed by atoms with E-state index in [0.29, 0.717) is 21.7 Å². The number of aliphatic hydroxyl groups is 1. The number of halogens is 2. The van der Waals surface area contributed by atoms with E-state index in [9.17, 15) is 4.79 Å². The first-order valence-corrected chi connectivity index (χ1v) is 7.87. The molecule has 116 valence electrons. The number of anilines is 1. The fourth-order valence-electron chi connectivity index (χ4n) is 2.52. The number of carbonyl (C=O) groups excluding carboxylic acids is 1. The van der Waals surface area contributed by atoms with Crippen LogP contribution in [0.3, 0.4) is 0 Å². The molecule has 2 rings (SSSR count). The van der Waals surface area contributed by atoms with E-state index in [1.54, 1.807) is 18.2 Å². The number of hydrogen-bond acceptors (Lipinski definition) is 3. The molecule has 1 fully saturated rings. The molecule has 1 aliphatic heterocycles. The van der Waals surface area contributed by atoms with Crippen molar-refractivity contribution in [2.24, 2.45) is 5.92 Å². The fraction of sp³-hybridized carbons (Fsp3) is 0.533. The van der Waals surface area contributed by atoms with Crippen LogP contribution in [0.15, 0.2) is 18.2 Å². The van der Waals surface area contributed by atoms with Crippen LogP contribution in [0.5, 0.6) is 0 Å². The molecule has 1 aromatic carbocycles. The van der Waals surface area contributed by atoms with Gasteiger partial charge in [-0.15, -0.1) is 0 Å². The molecule has 0 radical (unpaired) electrons. The molecule has 1 aromatic rings. The van der Waals surface area contributed by atoms with Crippen molar-refractivity contribution in [3.63, 3.8) is 0 Å². The quantitative estimate of drug-likeness (QED) is 0.892. The molecule has 1 saturated heterocycles. The maximum absolute atomic E-state index is 12.3. The number of nitrogens with one attached hydrogen (secondary N) is 1. The van der Waals surface area contributed by atoms with E-state index in [1.807, 2.05) is 6.92 Å². The number of carbonyl (C=O) groups is 1. The largest absolute Gasteiger partial charge is 0.396 e. The van der Waals surface area contributed by atoms with E-state index < -0.39 is 0 Å². The number of benzene rings is 1. The molecular formula is C15H20Cl2N2O2. The van der Waals surface area contributed by atoms with Crippen LogP contribution < -0.4 is 5.32 Å². The Kier molecular flexibility index (Phi) is 5.88. The zero-order valence-electron chi connectivity index (χ0n) is 12.0. The van der Waals surface area contributed by atoms with Crippen molar-refractivity contribution < 1.29 is 9.90 Å². The minimum absolute atomic E-state index is 0.0818. The number of hydrogen-bond donors (Lipinski definition) is 2. The Morgan fingerprint density at radius 2 is 2.10 bits per heavy atom. The lowest BCUT2D eigenvalue weighted by molar-refractivity contribution is -0.121. The van der Waals surface area contributed by atoms with Gasteiger partial charge >= 0.3 is 0 Å². The molecule has 1 unspecified atom stereocenters. The van der Waals surface area contributed by atoms with Crippen molar-refractivity contribution in [2.75, 3.05) is 25.0 Å². The van der Waals surface area contributed by atoms with Gasteiger partial charge in [0.2, 0.25) is 5.91 Å². The maximum atomic E-state index is 12.3. The monoisotopic (exact) mass is 330 g/mol. The van der Waals surface area contributed by atoms with Crippen molar-refractivity contribution in [3.05, 3.63) is 28.2 Å². The van der Waals surface area contributed by atoms with Gasteiger partial charge in [-0.25, -0.2) is 0 Å². The van der Waals surface area contributed by atoms with E-state index in [2.05, 4.69) is 10.2 Å². The second kappa shape index (κ2) is 7.45. The molecule has 0 bridgehead atoms. The summed E-state index contributed by atoms with van der Waals surface area (Å²) in [7, 11) is 0. The Labute approximate surface area is 135 Å². The molecule has 1 atom stereocenters. The molecule has 0 spiro atoms. The number of aliphatic hydroxyl groups excluding tert-OH is 1. The lowest BCUT2D eigenvalue weighted by Gasteiger charge is -2.34. The van der Waals surface area contributed by atoms with Gasteiger partial charge in [0.1, 0.15) is 0 Å². The molecule has 4 nitrogen and oxygen atoms in total. The highest BCUT2D eigenvalue weighted by Crippen LogP contribution is 2.26. The lowest BCUT2D eigenvalue weighted by atomic mass is 9.97. The minimum Gasteiger partial charge on any atom is -0.396 e. The van der Waals surface area contributed by atoms with Crippen LogP contribution in [-0.2, 0) is 4.79 Å². The number of piperidine rings is 1. The summed E-state index contributed by atoms with van der Waals surface area (Å²) in [5, 5.41) is 13.0. The maximum Gasteiger partial charge on any atom is 0.241 e. The molecule has 1 aliphatic rings. The molecule has 21 heavy (non-hydrogen) atoms. The van der Waals surface area contributed by atoms with E-state index in [4.69, 9.17) is 28.3 Å². The normalized spacial score (nSPS) is 18.5. The van der Waals surface area contributed by atoms with Crippen molar-refractivity contribution in [2.45, 2.75) is 25.8 Å². The zero-order chi connectivity index (χ0) is 15.4. The van der Waals surface area contributed by atoms with Gasteiger partial charge in [0.05, 0.1) is 16.8 Å². The molecule has 0 aliphatic carbocycles. The third-order valence-corrected chi connectivity index (χ3v) is 4.57. The summed E-state index contributed by atoms with van der Waals surface area (Å²) >= 11 is 11.9. The van der Waals surface area contributed by atoms with Crippen LogP contribution in [0, 0.1) is 5.92 Å². The summed E-state index contributed by atoms with van der Waals surface area (Å²) in [5.41, 5.74) is 0.572. The number of amides is 1. The van der Waals surface area contributed by atoms with Crippen LogP contribution >= 0.6 is 23.2 Å². The van der Waals surface area contributed by atoms with Crippen LogP contribution in [0.1, 0.15) is 19.8 Å². The van der Waals surface area contributed by atoms with Gasteiger partial charge in [0.25, 0.3) is 0 Å². The molecular weight excluding hydrogens is 311 g/mol. The van der Waals surface area contributed by atoms with Crippen molar-refractivity contribution >= 4 is 34.8 Å². The highest BCUT2D eigenvalue weighted by atomic mass is 35.5. The van der Waals surface area contributed by atoms with Crippen molar-refractivity contribution in [3.8, 4) is 0 Å². The topological polar surface area (TPSA) is 52.6 Å². The van der Waals surface area contributed by atoms with Gasteiger partial charge in [-0.3, -0.25) is 9.69 Å². The summed E-state index contributed by atoms with van der Waals surface area (Å²) in [6.07, 6.45) is 1.85. The Balaban J connectivity index is 1.93. The standard InChI is InChI=1S/C15H20Cl2N2O2/c1-10(19-6-4-11(9-20)5-7-19)15(21)18-14-3-2-12(16)8-13(14)17/h2-3,8,10-11,20H,4-7,9H2,1H3,(H,18,21). The first-order valence-electron chi connectivity index (χ1n) is 7.12. The minimum atomic E-state index is -0.226. The molecule has 1 amide bonds. The van der Waals surface area contributed by atoms with Gasteiger partial charge in [-0.2, -0.15) is 0 Å².